The van der Waals surface area contributed by atoms with Crippen LogP contribution in [0.25, 0.3) is 0 Å². The summed E-state index contributed by atoms with van der Waals surface area (Å²) in [4.78, 5) is 21.7. The van der Waals surface area contributed by atoms with E-state index in [1.165, 1.54) is 0 Å². The van der Waals surface area contributed by atoms with Crippen LogP contribution in [0.4, 0.5) is 0 Å². The van der Waals surface area contributed by atoms with Crippen molar-refractivity contribution in [3.05, 3.63) is 83.0 Å². The fraction of sp³-hybridized carbons (Fsp3) is 0.227. The van der Waals surface area contributed by atoms with Gasteiger partial charge in [-0.05, 0) is 31.4 Å². The molecule has 1 aromatic rings. The van der Waals surface area contributed by atoms with E-state index in [-0.39, 0.29) is 16.5 Å². The second kappa shape index (κ2) is 6.60. The number of carbonyl (C=O) groups is 1. The van der Waals surface area contributed by atoms with Gasteiger partial charge in [-0.25, -0.2) is 0 Å². The summed E-state index contributed by atoms with van der Waals surface area (Å²) in [5, 5.41) is 0. The van der Waals surface area contributed by atoms with E-state index in [1.54, 1.807) is 12.4 Å². The van der Waals surface area contributed by atoms with Crippen LogP contribution in [0.15, 0.2) is 81.8 Å². The molecule has 0 amide bonds. The lowest BCUT2D eigenvalue weighted by atomic mass is 9.99. The summed E-state index contributed by atoms with van der Waals surface area (Å²) in [5.41, 5.74) is 4.25. The monoisotopic (exact) mass is 373 g/mol. The zero-order valence-electron chi connectivity index (χ0n) is 15.4. The van der Waals surface area contributed by atoms with Crippen molar-refractivity contribution in [1.29, 1.82) is 0 Å². The summed E-state index contributed by atoms with van der Waals surface area (Å²) in [6.07, 6.45) is 13.8. The fourth-order valence-corrected chi connectivity index (χ4v) is 3.86. The first-order valence-corrected chi connectivity index (χ1v) is 9.54. The predicted molar refractivity (Wildman–Crippen MR) is 107 cm³/mol. The molecule has 0 saturated carbocycles. The average Bonchev–Trinajstić information content (AvgIpc) is 3.00. The molecule has 3 heterocycles. The number of hydrogen-bond acceptors (Lipinski definition) is 5. The van der Waals surface area contributed by atoms with Crippen LogP contribution in [0.1, 0.15) is 35.2 Å². The third-order valence-electron chi connectivity index (χ3n) is 5.52. The van der Waals surface area contributed by atoms with Gasteiger partial charge in [0, 0.05) is 17.7 Å². The first kappa shape index (κ1) is 17.2. The first-order chi connectivity index (χ1) is 13.7. The van der Waals surface area contributed by atoms with Crippen molar-refractivity contribution >= 4 is 17.8 Å². The van der Waals surface area contributed by atoms with Crippen LogP contribution in [0.3, 0.4) is 0 Å². The molecule has 2 unspecified atom stereocenters. The standard InChI is InChI=1S/C22H21N4O2/c23-26-12-11-24-14-18(26)20(15-4-3-5-15)25-22(26)17-9-7-16(8-10-17)21(27)19-6-1-2-13-28-19/h3-5,7-12,14,19H,1-2,6,13,23H2/q+1. The van der Waals surface area contributed by atoms with Crippen LogP contribution in [0, 0.1) is 0 Å². The molecule has 6 heteroatoms. The molecule has 1 saturated heterocycles. The number of fused-ring (bicyclic) bond motifs is 1. The van der Waals surface area contributed by atoms with E-state index in [2.05, 4.69) is 4.99 Å². The number of aliphatic imine (C=N–C) groups is 2. The number of nitrogens with two attached hydrogens (primary N) is 1. The molecule has 2 atom stereocenters. The van der Waals surface area contributed by atoms with Crippen LogP contribution >= 0.6 is 0 Å². The topological polar surface area (TPSA) is 77.0 Å². The Morgan fingerprint density at radius 1 is 1.21 bits per heavy atom. The van der Waals surface area contributed by atoms with Crippen molar-refractivity contribution < 1.29 is 14.1 Å². The Hall–Kier alpha value is -2.93. The number of hydrogen-bond donors (Lipinski definition) is 1. The SMILES string of the molecule is N[N+]12C=CN=CC1=C(C1=CC=C1)N=C2c1ccc(C(=O)C2CCCCO2)cc1. The van der Waals surface area contributed by atoms with Gasteiger partial charge < -0.3 is 4.74 Å². The molecule has 1 fully saturated rings. The minimum absolute atomic E-state index is 0.0248. The second-order valence-corrected chi connectivity index (χ2v) is 7.30. The van der Waals surface area contributed by atoms with Crippen molar-refractivity contribution in [3.8, 4) is 0 Å². The number of amidine groups is 1. The van der Waals surface area contributed by atoms with Crippen molar-refractivity contribution in [1.82, 2.24) is 0 Å². The van der Waals surface area contributed by atoms with Gasteiger partial charge in [0.05, 0.1) is 18.0 Å². The zero-order chi connectivity index (χ0) is 19.1. The molecular weight excluding hydrogens is 352 g/mol. The van der Waals surface area contributed by atoms with E-state index >= 15 is 0 Å². The number of ether oxygens (including phenoxy) is 1. The highest BCUT2D eigenvalue weighted by Gasteiger charge is 2.44. The molecule has 0 aromatic heterocycles. The predicted octanol–water partition coefficient (Wildman–Crippen LogP) is 3.15. The van der Waals surface area contributed by atoms with E-state index < -0.39 is 0 Å². The number of allylic oxidation sites excluding steroid dienone is 4. The third-order valence-corrected chi connectivity index (χ3v) is 5.52. The number of ketones is 1. The first-order valence-electron chi connectivity index (χ1n) is 9.54. The van der Waals surface area contributed by atoms with Gasteiger partial charge in [0.2, 0.25) is 5.70 Å². The molecule has 1 aliphatic carbocycles. The smallest absolute Gasteiger partial charge is 0.265 e. The summed E-state index contributed by atoms with van der Waals surface area (Å²) in [7, 11) is 0. The fourth-order valence-electron chi connectivity index (χ4n) is 3.86. The maximum absolute atomic E-state index is 12.7. The van der Waals surface area contributed by atoms with Gasteiger partial charge in [0.25, 0.3) is 5.84 Å². The molecule has 5 rings (SSSR count). The third kappa shape index (κ3) is 2.65. The molecule has 0 radical (unpaired) electrons. The van der Waals surface area contributed by atoms with E-state index in [0.717, 1.165) is 41.8 Å². The summed E-state index contributed by atoms with van der Waals surface area (Å²) in [5.74, 6) is 7.45. The summed E-state index contributed by atoms with van der Waals surface area (Å²) >= 11 is 0. The van der Waals surface area contributed by atoms with Crippen molar-refractivity contribution in [3.63, 3.8) is 0 Å². The molecule has 1 aromatic carbocycles. The Morgan fingerprint density at radius 3 is 2.71 bits per heavy atom. The molecular formula is C22H21N4O2+. The van der Waals surface area contributed by atoms with Crippen molar-refractivity contribution in [2.24, 2.45) is 15.8 Å². The molecule has 6 nitrogen and oxygen atoms in total. The van der Waals surface area contributed by atoms with Crippen LogP contribution in [0.2, 0.25) is 0 Å². The molecule has 140 valence electrons. The number of carbonyl (C=O) groups excluding carboxylic acids is 1. The minimum Gasteiger partial charge on any atom is -0.370 e. The number of benzene rings is 1. The van der Waals surface area contributed by atoms with Crippen molar-refractivity contribution in [2.75, 3.05) is 6.61 Å². The van der Waals surface area contributed by atoms with Crippen LogP contribution in [-0.2, 0) is 4.74 Å². The van der Waals surface area contributed by atoms with Gasteiger partial charge in [-0.2, -0.15) is 10.8 Å². The molecule has 28 heavy (non-hydrogen) atoms. The quantitative estimate of drug-likeness (QED) is 0.500. The van der Waals surface area contributed by atoms with Crippen LogP contribution in [0.5, 0.6) is 0 Å². The summed E-state index contributed by atoms with van der Waals surface area (Å²) < 4.78 is 5.61. The highest BCUT2D eigenvalue weighted by Crippen LogP contribution is 2.36. The average molecular weight is 373 g/mol. The number of Topliss-reactive ketones (excluding diaryl/α,β-unsaturated/α-hetero) is 1. The van der Waals surface area contributed by atoms with Gasteiger partial charge in [-0.3, -0.25) is 9.79 Å². The lowest BCUT2D eigenvalue weighted by molar-refractivity contribution is -0.750. The summed E-state index contributed by atoms with van der Waals surface area (Å²) in [6, 6.07) is 7.50. The Morgan fingerprint density at radius 2 is 2.04 bits per heavy atom. The van der Waals surface area contributed by atoms with E-state index in [1.807, 2.05) is 48.7 Å². The largest absolute Gasteiger partial charge is 0.370 e. The minimum atomic E-state index is -0.324. The highest BCUT2D eigenvalue weighted by atomic mass is 16.5. The maximum atomic E-state index is 12.7. The normalized spacial score (nSPS) is 28.0. The van der Waals surface area contributed by atoms with Crippen molar-refractivity contribution in [2.45, 2.75) is 25.4 Å². The molecule has 0 spiro atoms. The summed E-state index contributed by atoms with van der Waals surface area (Å²) in [6.45, 7) is 0.661. The Kier molecular flexibility index (Phi) is 4.05. The van der Waals surface area contributed by atoms with Crippen LogP contribution < -0.4 is 5.84 Å². The number of rotatable bonds is 4. The van der Waals surface area contributed by atoms with Gasteiger partial charge in [-0.15, -0.1) is 4.59 Å². The van der Waals surface area contributed by atoms with E-state index in [9.17, 15) is 4.79 Å². The molecule has 4 aliphatic rings. The molecule has 0 bridgehead atoms. The van der Waals surface area contributed by atoms with E-state index in [4.69, 9.17) is 15.6 Å². The van der Waals surface area contributed by atoms with Crippen LogP contribution in [-0.4, -0.2) is 35.1 Å². The van der Waals surface area contributed by atoms with E-state index in [0.29, 0.717) is 18.0 Å². The van der Waals surface area contributed by atoms with Gasteiger partial charge in [0.15, 0.2) is 5.78 Å². The zero-order valence-corrected chi connectivity index (χ0v) is 15.4. The maximum Gasteiger partial charge on any atom is 0.265 e. The molecule has 2 N–H and O–H groups in total. The highest BCUT2D eigenvalue weighted by molar-refractivity contribution is 6.03. The Labute approximate surface area is 163 Å². The number of quaternary nitrogens is 1. The second-order valence-electron chi connectivity index (χ2n) is 7.30. The lowest BCUT2D eigenvalue weighted by Crippen LogP contribution is -2.53. The van der Waals surface area contributed by atoms with Gasteiger partial charge in [0.1, 0.15) is 18.0 Å². The Balaban J connectivity index is 1.45. The van der Waals surface area contributed by atoms with Gasteiger partial charge in [-0.1, -0.05) is 30.4 Å². The Bertz CT molecular complexity index is 1020. The van der Waals surface area contributed by atoms with Gasteiger partial charge >= 0.3 is 0 Å². The lowest BCUT2D eigenvalue weighted by Gasteiger charge is -2.26. The molecule has 3 aliphatic heterocycles. The number of nitrogens with zero attached hydrogens (tertiary/aromatic N) is 3.